The van der Waals surface area contributed by atoms with Crippen molar-refractivity contribution in [3.8, 4) is 0 Å². The first-order valence-electron chi connectivity index (χ1n) is 8.14. The van der Waals surface area contributed by atoms with Gasteiger partial charge in [-0.15, -0.1) is 11.8 Å². The number of amides is 1. The number of hydrogen-bond donors (Lipinski definition) is 1. The molecule has 0 bridgehead atoms. The van der Waals surface area contributed by atoms with Crippen molar-refractivity contribution in [2.24, 2.45) is 0 Å². The summed E-state index contributed by atoms with van der Waals surface area (Å²) in [5, 5.41) is 3.15. The second-order valence-corrected chi connectivity index (χ2v) is 7.02. The Kier molecular flexibility index (Phi) is 6.72. The van der Waals surface area contributed by atoms with Gasteiger partial charge in [0.05, 0.1) is 6.04 Å². The van der Waals surface area contributed by atoms with Crippen LogP contribution in [0, 0.1) is 13.8 Å². The number of carbonyl (C=O) groups excluding carboxylic acids is 1. The summed E-state index contributed by atoms with van der Waals surface area (Å²) in [7, 11) is 0. The summed E-state index contributed by atoms with van der Waals surface area (Å²) < 4.78 is 0. The van der Waals surface area contributed by atoms with Crippen LogP contribution < -0.4 is 5.32 Å². The van der Waals surface area contributed by atoms with Crippen LogP contribution in [-0.4, -0.2) is 11.7 Å². The Morgan fingerprint density at radius 1 is 1.00 bits per heavy atom. The van der Waals surface area contributed by atoms with E-state index < -0.39 is 0 Å². The molecule has 23 heavy (non-hydrogen) atoms. The minimum atomic E-state index is 0.104. The van der Waals surface area contributed by atoms with Crippen molar-refractivity contribution in [1.29, 1.82) is 0 Å². The molecule has 0 aliphatic carbocycles. The summed E-state index contributed by atoms with van der Waals surface area (Å²) >= 11 is 1.73. The maximum atomic E-state index is 12.2. The minimum absolute atomic E-state index is 0.104. The number of nitrogens with one attached hydrogen (secondary N) is 1. The zero-order valence-corrected chi connectivity index (χ0v) is 15.0. The third-order valence-electron chi connectivity index (χ3n) is 3.84. The lowest BCUT2D eigenvalue weighted by Crippen LogP contribution is -2.28. The molecule has 2 aromatic carbocycles. The molecule has 0 unspecified atom stereocenters. The summed E-state index contributed by atoms with van der Waals surface area (Å²) in [4.78, 5) is 13.4. The van der Waals surface area contributed by atoms with E-state index in [2.05, 4.69) is 74.6 Å². The van der Waals surface area contributed by atoms with Crippen LogP contribution in [0.3, 0.4) is 0 Å². The van der Waals surface area contributed by atoms with Gasteiger partial charge < -0.3 is 5.32 Å². The Bertz CT molecular complexity index is 619. The van der Waals surface area contributed by atoms with Gasteiger partial charge in [-0.2, -0.15) is 0 Å². The predicted molar refractivity (Wildman–Crippen MR) is 98.9 cm³/mol. The molecule has 2 aromatic rings. The first kappa shape index (κ1) is 17.6. The molecule has 1 N–H and O–H groups in total. The smallest absolute Gasteiger partial charge is 0.221 e. The van der Waals surface area contributed by atoms with E-state index in [0.717, 1.165) is 12.2 Å². The lowest BCUT2D eigenvalue weighted by atomic mass is 10.0. The molecule has 1 atom stereocenters. The largest absolute Gasteiger partial charge is 0.349 e. The van der Waals surface area contributed by atoms with Crippen molar-refractivity contribution in [1.82, 2.24) is 5.32 Å². The average molecular weight is 327 g/mol. The summed E-state index contributed by atoms with van der Waals surface area (Å²) in [6.45, 7) is 6.26. The maximum absolute atomic E-state index is 12.2. The predicted octanol–water partition coefficient (Wildman–Crippen LogP) is 5.05. The van der Waals surface area contributed by atoms with Crippen LogP contribution in [0.4, 0.5) is 0 Å². The average Bonchev–Trinajstić information content (AvgIpc) is 2.55. The summed E-state index contributed by atoms with van der Waals surface area (Å²) in [5.41, 5.74) is 3.68. The number of benzene rings is 2. The number of carbonyl (C=O) groups is 1. The molecule has 122 valence electrons. The van der Waals surface area contributed by atoms with Gasteiger partial charge in [-0.1, -0.05) is 54.4 Å². The molecule has 0 saturated heterocycles. The van der Waals surface area contributed by atoms with Gasteiger partial charge in [-0.25, -0.2) is 0 Å². The molecule has 2 nitrogen and oxygen atoms in total. The van der Waals surface area contributed by atoms with E-state index in [1.165, 1.54) is 21.6 Å². The van der Waals surface area contributed by atoms with E-state index in [4.69, 9.17) is 0 Å². The fraction of sp³-hybridized carbons (Fsp3) is 0.350. The highest BCUT2D eigenvalue weighted by atomic mass is 32.2. The summed E-state index contributed by atoms with van der Waals surface area (Å²) in [5.74, 6) is 0.927. The standard InChI is InChI=1S/C20H25NOS/c1-4-19(17-9-5-15(2)6-10-17)21-20(22)13-14-23-18-11-7-16(3)8-12-18/h5-12,19H,4,13-14H2,1-3H3,(H,21,22)/t19-/m1/s1. The van der Waals surface area contributed by atoms with Gasteiger partial charge >= 0.3 is 0 Å². The van der Waals surface area contributed by atoms with Crippen LogP contribution >= 0.6 is 11.8 Å². The Morgan fingerprint density at radius 3 is 2.13 bits per heavy atom. The van der Waals surface area contributed by atoms with Gasteiger partial charge in [0, 0.05) is 17.1 Å². The third kappa shape index (κ3) is 5.76. The highest BCUT2D eigenvalue weighted by molar-refractivity contribution is 7.99. The fourth-order valence-electron chi connectivity index (χ4n) is 2.38. The second-order valence-electron chi connectivity index (χ2n) is 5.85. The first-order valence-corrected chi connectivity index (χ1v) is 9.12. The Balaban J connectivity index is 1.80. The van der Waals surface area contributed by atoms with Gasteiger partial charge in [0.15, 0.2) is 0 Å². The van der Waals surface area contributed by atoms with Crippen molar-refractivity contribution >= 4 is 17.7 Å². The van der Waals surface area contributed by atoms with E-state index in [0.29, 0.717) is 6.42 Å². The highest BCUT2D eigenvalue weighted by Crippen LogP contribution is 2.20. The molecule has 0 aliphatic heterocycles. The molecular formula is C20H25NOS. The van der Waals surface area contributed by atoms with Crippen LogP contribution in [0.25, 0.3) is 0 Å². The molecular weight excluding hydrogens is 302 g/mol. The Labute approximate surface area is 143 Å². The zero-order valence-electron chi connectivity index (χ0n) is 14.1. The number of aryl methyl sites for hydroxylation is 2. The second kappa shape index (κ2) is 8.78. The lowest BCUT2D eigenvalue weighted by Gasteiger charge is -2.17. The Hall–Kier alpha value is -1.74. The monoisotopic (exact) mass is 327 g/mol. The van der Waals surface area contributed by atoms with Crippen LogP contribution in [-0.2, 0) is 4.79 Å². The lowest BCUT2D eigenvalue weighted by molar-refractivity contribution is -0.121. The molecule has 1 amide bonds. The van der Waals surface area contributed by atoms with Crippen LogP contribution in [0.1, 0.15) is 42.5 Å². The van der Waals surface area contributed by atoms with Crippen LogP contribution in [0.15, 0.2) is 53.4 Å². The van der Waals surface area contributed by atoms with E-state index >= 15 is 0 Å². The molecule has 2 rings (SSSR count). The fourth-order valence-corrected chi connectivity index (χ4v) is 3.23. The molecule has 0 spiro atoms. The molecule has 0 saturated carbocycles. The highest BCUT2D eigenvalue weighted by Gasteiger charge is 2.12. The van der Waals surface area contributed by atoms with Crippen molar-refractivity contribution in [2.45, 2.75) is 44.6 Å². The van der Waals surface area contributed by atoms with E-state index in [9.17, 15) is 4.79 Å². The summed E-state index contributed by atoms with van der Waals surface area (Å²) in [6, 6.07) is 16.9. The summed E-state index contributed by atoms with van der Waals surface area (Å²) in [6.07, 6.45) is 1.45. The van der Waals surface area contributed by atoms with Gasteiger partial charge in [0.25, 0.3) is 0 Å². The molecule has 0 heterocycles. The van der Waals surface area contributed by atoms with Crippen molar-refractivity contribution in [3.63, 3.8) is 0 Å². The van der Waals surface area contributed by atoms with E-state index in [1.807, 2.05) is 0 Å². The molecule has 3 heteroatoms. The normalized spacial score (nSPS) is 12.0. The molecule has 0 aliphatic rings. The van der Waals surface area contributed by atoms with Crippen LogP contribution in [0.5, 0.6) is 0 Å². The van der Waals surface area contributed by atoms with Gasteiger partial charge in [-0.05, 0) is 38.0 Å². The third-order valence-corrected chi connectivity index (χ3v) is 4.86. The number of hydrogen-bond acceptors (Lipinski definition) is 2. The topological polar surface area (TPSA) is 29.1 Å². The van der Waals surface area contributed by atoms with Gasteiger partial charge in [0.1, 0.15) is 0 Å². The zero-order chi connectivity index (χ0) is 16.7. The van der Waals surface area contributed by atoms with Crippen molar-refractivity contribution < 1.29 is 4.79 Å². The molecule has 0 fully saturated rings. The van der Waals surface area contributed by atoms with Crippen molar-refractivity contribution in [3.05, 3.63) is 65.2 Å². The maximum Gasteiger partial charge on any atom is 0.221 e. The number of rotatable bonds is 7. The Morgan fingerprint density at radius 2 is 1.57 bits per heavy atom. The van der Waals surface area contributed by atoms with Crippen molar-refractivity contribution in [2.75, 3.05) is 5.75 Å². The van der Waals surface area contributed by atoms with E-state index in [1.54, 1.807) is 11.8 Å². The van der Waals surface area contributed by atoms with Crippen LogP contribution in [0.2, 0.25) is 0 Å². The van der Waals surface area contributed by atoms with Gasteiger partial charge in [0.2, 0.25) is 5.91 Å². The SMILES string of the molecule is CC[C@@H](NC(=O)CCSc1ccc(C)cc1)c1ccc(C)cc1. The number of thioether (sulfide) groups is 1. The molecule has 0 aromatic heterocycles. The van der Waals surface area contributed by atoms with Gasteiger partial charge in [-0.3, -0.25) is 4.79 Å². The van der Waals surface area contributed by atoms with E-state index in [-0.39, 0.29) is 11.9 Å². The first-order chi connectivity index (χ1) is 11.1. The molecule has 0 radical (unpaired) electrons. The quantitative estimate of drug-likeness (QED) is 0.721. The minimum Gasteiger partial charge on any atom is -0.349 e.